The Kier molecular flexibility index (Phi) is 1.54. The molecule has 1 aliphatic heterocycles. The minimum absolute atomic E-state index is 0.0596. The quantitative estimate of drug-likeness (QED) is 0.558. The minimum Gasteiger partial charge on any atom is -0.477 e. The Hall–Kier alpha value is -1.10. The van der Waals surface area contributed by atoms with E-state index < -0.39 is 5.97 Å². The number of oxime groups is 1. The smallest absolute Gasteiger partial charge is 0.354 e. The summed E-state index contributed by atoms with van der Waals surface area (Å²) in [7, 11) is 0. The summed E-state index contributed by atoms with van der Waals surface area (Å²) >= 11 is 0. The van der Waals surface area contributed by atoms with E-state index in [1.54, 1.807) is 0 Å². The van der Waals surface area contributed by atoms with Gasteiger partial charge in [0, 0.05) is 6.04 Å². The van der Waals surface area contributed by atoms with Crippen molar-refractivity contribution in [1.82, 2.24) is 0 Å². The Morgan fingerprint density at radius 3 is 3.08 bits per heavy atom. The molecule has 1 aliphatic carbocycles. The maximum atomic E-state index is 10.6. The molecule has 1 saturated carbocycles. The highest BCUT2D eigenvalue weighted by Crippen LogP contribution is 2.33. The molecule has 0 radical (unpaired) electrons. The number of hydrogen-bond acceptors (Lipinski definition) is 4. The molecule has 12 heavy (non-hydrogen) atoms. The number of rotatable bonds is 1. The molecular formula is C7H10N2O3. The SMILES string of the molecule is N[C@@H]1CC[C@H]2C(C(=O)O)=NO[C@@H]12. The van der Waals surface area contributed by atoms with Crippen LogP contribution in [0.1, 0.15) is 12.8 Å². The summed E-state index contributed by atoms with van der Waals surface area (Å²) in [4.78, 5) is 15.5. The van der Waals surface area contributed by atoms with Gasteiger partial charge in [0.25, 0.3) is 0 Å². The Bertz CT molecular complexity index is 251. The van der Waals surface area contributed by atoms with Gasteiger partial charge in [-0.15, -0.1) is 0 Å². The topological polar surface area (TPSA) is 84.9 Å². The van der Waals surface area contributed by atoms with Crippen molar-refractivity contribution in [2.75, 3.05) is 0 Å². The van der Waals surface area contributed by atoms with E-state index in [1.807, 2.05) is 0 Å². The highest BCUT2D eigenvalue weighted by Gasteiger charge is 2.45. The molecule has 1 fully saturated rings. The summed E-state index contributed by atoms with van der Waals surface area (Å²) in [6.07, 6.45) is 1.40. The molecule has 1 heterocycles. The van der Waals surface area contributed by atoms with Gasteiger partial charge in [0.2, 0.25) is 0 Å². The van der Waals surface area contributed by atoms with Gasteiger partial charge in [-0.25, -0.2) is 4.79 Å². The van der Waals surface area contributed by atoms with Crippen LogP contribution >= 0.6 is 0 Å². The first-order chi connectivity index (χ1) is 5.70. The summed E-state index contributed by atoms with van der Waals surface area (Å²) in [5.74, 6) is -1.07. The van der Waals surface area contributed by atoms with Crippen LogP contribution in [0.25, 0.3) is 0 Å². The van der Waals surface area contributed by atoms with Crippen LogP contribution in [-0.4, -0.2) is 28.9 Å². The van der Waals surface area contributed by atoms with Gasteiger partial charge in [0.1, 0.15) is 0 Å². The van der Waals surface area contributed by atoms with E-state index in [0.29, 0.717) is 0 Å². The first kappa shape index (κ1) is 7.54. The van der Waals surface area contributed by atoms with E-state index in [0.717, 1.165) is 12.8 Å². The lowest BCUT2D eigenvalue weighted by Crippen LogP contribution is -2.34. The molecule has 0 aromatic carbocycles. The maximum Gasteiger partial charge on any atom is 0.354 e. The molecule has 2 aliphatic rings. The summed E-state index contributed by atoms with van der Waals surface area (Å²) < 4.78 is 0. The average Bonchev–Trinajstić information content (AvgIpc) is 2.53. The number of nitrogens with zero attached hydrogens (tertiary/aromatic N) is 1. The molecule has 0 saturated heterocycles. The fourth-order valence-corrected chi connectivity index (χ4v) is 1.83. The molecule has 0 unspecified atom stereocenters. The second-order valence-electron chi connectivity index (χ2n) is 3.20. The van der Waals surface area contributed by atoms with Crippen LogP contribution in [0.5, 0.6) is 0 Å². The highest BCUT2D eigenvalue weighted by molar-refractivity contribution is 6.36. The standard InChI is InChI=1S/C7H10N2O3/c8-4-2-1-3-5(7(10)11)9-12-6(3)4/h3-4,6H,1-2,8H2,(H,10,11)/t3-,4+,6+/m0/s1. The zero-order valence-corrected chi connectivity index (χ0v) is 6.43. The summed E-state index contributed by atoms with van der Waals surface area (Å²) in [6.45, 7) is 0. The lowest BCUT2D eigenvalue weighted by Gasteiger charge is -2.10. The van der Waals surface area contributed by atoms with E-state index in [1.165, 1.54) is 0 Å². The molecule has 0 amide bonds. The normalized spacial score (nSPS) is 38.8. The molecule has 5 nitrogen and oxygen atoms in total. The van der Waals surface area contributed by atoms with Crippen LogP contribution in [0, 0.1) is 5.92 Å². The van der Waals surface area contributed by atoms with E-state index >= 15 is 0 Å². The fourth-order valence-electron chi connectivity index (χ4n) is 1.83. The molecule has 0 aromatic rings. The third kappa shape index (κ3) is 0.896. The molecule has 66 valence electrons. The van der Waals surface area contributed by atoms with Crippen molar-refractivity contribution in [2.24, 2.45) is 16.8 Å². The first-order valence-corrected chi connectivity index (χ1v) is 3.92. The lowest BCUT2D eigenvalue weighted by atomic mass is 10.00. The number of carboxylic acid groups (broad SMARTS) is 1. The summed E-state index contributed by atoms with van der Waals surface area (Å²) in [5, 5.41) is 12.2. The van der Waals surface area contributed by atoms with Gasteiger partial charge in [-0.2, -0.15) is 0 Å². The number of carboxylic acids is 1. The van der Waals surface area contributed by atoms with E-state index in [2.05, 4.69) is 5.16 Å². The van der Waals surface area contributed by atoms with Gasteiger partial charge in [-0.1, -0.05) is 5.16 Å². The van der Waals surface area contributed by atoms with Gasteiger partial charge in [-0.05, 0) is 12.8 Å². The van der Waals surface area contributed by atoms with Crippen molar-refractivity contribution in [1.29, 1.82) is 0 Å². The predicted molar refractivity (Wildman–Crippen MR) is 40.6 cm³/mol. The predicted octanol–water partition coefficient (Wildman–Crippen LogP) is -0.437. The van der Waals surface area contributed by atoms with Crippen molar-refractivity contribution in [2.45, 2.75) is 25.0 Å². The van der Waals surface area contributed by atoms with Crippen LogP contribution in [0.2, 0.25) is 0 Å². The fraction of sp³-hybridized carbons (Fsp3) is 0.714. The van der Waals surface area contributed by atoms with Crippen molar-refractivity contribution < 1.29 is 14.7 Å². The molecule has 3 N–H and O–H groups in total. The Morgan fingerprint density at radius 2 is 2.42 bits per heavy atom. The summed E-state index contributed by atoms with van der Waals surface area (Å²) in [6, 6.07) is -0.0596. The molecule has 3 atom stereocenters. The number of fused-ring (bicyclic) bond motifs is 1. The Balaban J connectivity index is 2.18. The largest absolute Gasteiger partial charge is 0.477 e. The van der Waals surface area contributed by atoms with Gasteiger partial charge in [0.15, 0.2) is 11.8 Å². The first-order valence-electron chi connectivity index (χ1n) is 3.92. The molecule has 0 spiro atoms. The van der Waals surface area contributed by atoms with Crippen molar-refractivity contribution in [3.63, 3.8) is 0 Å². The number of carbonyl (C=O) groups is 1. The van der Waals surface area contributed by atoms with Crippen molar-refractivity contribution in [3.8, 4) is 0 Å². The van der Waals surface area contributed by atoms with Gasteiger partial charge < -0.3 is 15.7 Å². The monoisotopic (exact) mass is 170 g/mol. The van der Waals surface area contributed by atoms with Crippen LogP contribution < -0.4 is 5.73 Å². The lowest BCUT2D eigenvalue weighted by molar-refractivity contribution is -0.129. The molecule has 0 bridgehead atoms. The van der Waals surface area contributed by atoms with Crippen LogP contribution in [0.4, 0.5) is 0 Å². The molecular weight excluding hydrogens is 160 g/mol. The Labute approximate surface area is 69.2 Å². The van der Waals surface area contributed by atoms with Gasteiger partial charge >= 0.3 is 5.97 Å². The van der Waals surface area contributed by atoms with Gasteiger partial charge in [-0.3, -0.25) is 0 Å². The Morgan fingerprint density at radius 1 is 1.67 bits per heavy atom. The van der Waals surface area contributed by atoms with Crippen molar-refractivity contribution >= 4 is 11.7 Å². The van der Waals surface area contributed by atoms with Crippen LogP contribution in [-0.2, 0) is 9.63 Å². The summed E-state index contributed by atoms with van der Waals surface area (Å²) in [5.41, 5.74) is 5.82. The van der Waals surface area contributed by atoms with Gasteiger partial charge in [0.05, 0.1) is 5.92 Å². The average molecular weight is 170 g/mol. The second-order valence-corrected chi connectivity index (χ2v) is 3.20. The third-order valence-electron chi connectivity index (χ3n) is 2.47. The zero-order chi connectivity index (χ0) is 8.72. The molecule has 0 aromatic heterocycles. The van der Waals surface area contributed by atoms with Crippen LogP contribution in [0.3, 0.4) is 0 Å². The second kappa shape index (κ2) is 2.45. The molecule has 2 rings (SSSR count). The maximum absolute atomic E-state index is 10.6. The third-order valence-corrected chi connectivity index (χ3v) is 2.47. The highest BCUT2D eigenvalue weighted by atomic mass is 16.6. The minimum atomic E-state index is -0.989. The zero-order valence-electron chi connectivity index (χ0n) is 6.43. The number of aliphatic carboxylic acids is 1. The van der Waals surface area contributed by atoms with Crippen LogP contribution in [0.15, 0.2) is 5.16 Å². The van der Waals surface area contributed by atoms with E-state index in [4.69, 9.17) is 15.7 Å². The number of hydrogen-bond donors (Lipinski definition) is 2. The number of nitrogens with two attached hydrogens (primary N) is 1. The van der Waals surface area contributed by atoms with Crippen molar-refractivity contribution in [3.05, 3.63) is 0 Å². The van der Waals surface area contributed by atoms with E-state index in [9.17, 15) is 4.79 Å². The molecule has 5 heteroatoms. The van der Waals surface area contributed by atoms with E-state index in [-0.39, 0.29) is 23.8 Å².